The molecule has 0 radical (unpaired) electrons. The highest BCUT2D eigenvalue weighted by atomic mass is 32.2. The van der Waals surface area contributed by atoms with E-state index in [-0.39, 0.29) is 76.5 Å². The van der Waals surface area contributed by atoms with Crippen LogP contribution in [0.5, 0.6) is 5.75 Å². The molecule has 14 heteroatoms. The highest BCUT2D eigenvalue weighted by Gasteiger charge is 2.48. The quantitative estimate of drug-likeness (QED) is 0.274. The Hall–Kier alpha value is -2.52. The fourth-order valence-electron chi connectivity index (χ4n) is 6.29. The van der Waals surface area contributed by atoms with E-state index in [4.69, 9.17) is 19.6 Å². The molecule has 2 heterocycles. The predicted octanol–water partition coefficient (Wildman–Crippen LogP) is 3.86. The summed E-state index contributed by atoms with van der Waals surface area (Å²) in [4.78, 5) is 17.8. The fraction of sp³-hybridized carbons (Fsp3) is 0.677. The van der Waals surface area contributed by atoms with Crippen molar-refractivity contribution in [3.8, 4) is 5.75 Å². The van der Waals surface area contributed by atoms with Crippen molar-refractivity contribution in [2.75, 3.05) is 39.5 Å². The minimum atomic E-state index is -4.14. The first-order chi connectivity index (χ1) is 21.2. The van der Waals surface area contributed by atoms with Crippen molar-refractivity contribution in [1.82, 2.24) is 9.62 Å². The molecule has 1 aromatic rings. The third kappa shape index (κ3) is 9.50. The molecule has 1 saturated heterocycles. The molecule has 1 spiro atoms. The Kier molecular flexibility index (Phi) is 11.7. The molecule has 1 aromatic carbocycles. The van der Waals surface area contributed by atoms with Gasteiger partial charge in [-0.3, -0.25) is 9.79 Å². The normalized spacial score (nSPS) is 23.4. The van der Waals surface area contributed by atoms with Gasteiger partial charge in [0.25, 0.3) is 5.91 Å². The van der Waals surface area contributed by atoms with Crippen molar-refractivity contribution in [3.63, 3.8) is 0 Å². The molecule has 1 amide bonds. The van der Waals surface area contributed by atoms with Crippen LogP contribution in [-0.4, -0.2) is 92.0 Å². The van der Waals surface area contributed by atoms with Crippen molar-refractivity contribution in [3.05, 3.63) is 34.2 Å². The minimum Gasteiger partial charge on any atom is -0.491 e. The van der Waals surface area contributed by atoms with Gasteiger partial charge in [0, 0.05) is 30.8 Å². The van der Waals surface area contributed by atoms with Crippen LogP contribution in [-0.2, 0) is 19.6 Å². The summed E-state index contributed by atoms with van der Waals surface area (Å²) in [7, 11) is -3.77. The third-order valence-corrected chi connectivity index (χ3v) is 10.5. The molecule has 0 aromatic heterocycles. The minimum absolute atomic E-state index is 0.00245. The average molecular weight is 660 g/mol. The van der Waals surface area contributed by atoms with Crippen molar-refractivity contribution >= 4 is 27.8 Å². The number of aliphatic hydroxyl groups is 2. The number of hydrogen-bond donors (Lipinski definition) is 3. The lowest BCUT2D eigenvalue weighted by Crippen LogP contribution is -2.50. The smallest absolute Gasteiger partial charge is 0.389 e. The highest BCUT2D eigenvalue weighted by Crippen LogP contribution is 2.38. The summed E-state index contributed by atoms with van der Waals surface area (Å²) in [6.45, 7) is 4.10. The zero-order valence-electron chi connectivity index (χ0n) is 25.8. The van der Waals surface area contributed by atoms with Gasteiger partial charge in [-0.1, -0.05) is 0 Å². The van der Waals surface area contributed by atoms with E-state index in [1.54, 1.807) is 18.2 Å². The molecule has 0 bridgehead atoms. The molecule has 45 heavy (non-hydrogen) atoms. The van der Waals surface area contributed by atoms with Crippen LogP contribution in [0, 0.1) is 25.7 Å². The van der Waals surface area contributed by atoms with Gasteiger partial charge in [-0.25, -0.2) is 8.42 Å². The molecule has 3 aliphatic rings. The van der Waals surface area contributed by atoms with E-state index in [1.165, 1.54) is 9.71 Å². The molecule has 10 nitrogen and oxygen atoms in total. The summed E-state index contributed by atoms with van der Waals surface area (Å²) in [6.07, 6.45) is -0.940. The van der Waals surface area contributed by atoms with Crippen LogP contribution in [0.15, 0.2) is 22.5 Å². The first-order valence-corrected chi connectivity index (χ1v) is 17.0. The summed E-state index contributed by atoms with van der Waals surface area (Å²) >= 11 is 0. The number of aliphatic imine (C=N–C) groups is 1. The van der Waals surface area contributed by atoms with Gasteiger partial charge in [0.05, 0.1) is 19.8 Å². The number of carbonyl (C=O) groups excluding carboxylic acids is 1. The Balaban J connectivity index is 1.29. The number of amidine groups is 1. The number of piperidine rings is 1. The zero-order valence-corrected chi connectivity index (χ0v) is 26.6. The van der Waals surface area contributed by atoms with E-state index in [9.17, 15) is 31.5 Å². The Morgan fingerprint density at radius 1 is 1.13 bits per heavy atom. The van der Waals surface area contributed by atoms with E-state index < -0.39 is 34.3 Å². The summed E-state index contributed by atoms with van der Waals surface area (Å²) in [5.41, 5.74) is 1.39. The van der Waals surface area contributed by atoms with E-state index >= 15 is 0 Å². The maximum Gasteiger partial charge on any atom is 0.389 e. The summed E-state index contributed by atoms with van der Waals surface area (Å²) in [5, 5.41) is 22.2. The van der Waals surface area contributed by atoms with Crippen molar-refractivity contribution in [2.45, 2.75) is 83.0 Å². The van der Waals surface area contributed by atoms with Crippen LogP contribution in [0.2, 0.25) is 0 Å². The maximum atomic E-state index is 13.2. The monoisotopic (exact) mass is 659 g/mol. The summed E-state index contributed by atoms with van der Waals surface area (Å²) < 4.78 is 76.5. The van der Waals surface area contributed by atoms with Gasteiger partial charge in [-0.2, -0.15) is 17.5 Å². The number of sulfonamides is 1. The number of carbonyl (C=O) groups is 1. The Morgan fingerprint density at radius 3 is 2.38 bits per heavy atom. The number of benzene rings is 1. The van der Waals surface area contributed by atoms with Crippen LogP contribution in [0.4, 0.5) is 13.2 Å². The molecule has 2 fully saturated rings. The molecule has 1 unspecified atom stereocenters. The number of ether oxygens (including phenoxy) is 2. The molecular weight excluding hydrogens is 615 g/mol. The van der Waals surface area contributed by atoms with Crippen LogP contribution in [0.1, 0.15) is 68.1 Å². The fourth-order valence-corrected chi connectivity index (χ4v) is 7.46. The SMILES string of the molecule is Cc1cc(OCCOCC(O)CO)cc(C)c1C=CS(=O)(=O)N1CCC2(CC1)N=C(C1CCC(CCC(F)(F)F)CC1)NC2=O. The van der Waals surface area contributed by atoms with Crippen LogP contribution < -0.4 is 10.1 Å². The van der Waals surface area contributed by atoms with Crippen molar-refractivity contribution in [2.24, 2.45) is 16.8 Å². The van der Waals surface area contributed by atoms with E-state index in [2.05, 4.69) is 5.32 Å². The molecule has 4 rings (SSSR count). The van der Waals surface area contributed by atoms with Gasteiger partial charge in [0.15, 0.2) is 0 Å². The topological polar surface area (TPSA) is 138 Å². The predicted molar refractivity (Wildman–Crippen MR) is 163 cm³/mol. The molecule has 3 N–H and O–H groups in total. The number of halogens is 3. The second-order valence-corrected chi connectivity index (χ2v) is 14.2. The first-order valence-electron chi connectivity index (χ1n) is 15.5. The number of alkyl halides is 3. The lowest BCUT2D eigenvalue weighted by Gasteiger charge is -2.34. The van der Waals surface area contributed by atoms with Crippen LogP contribution in [0.25, 0.3) is 6.08 Å². The molecular formula is C31H44F3N3O7S. The summed E-state index contributed by atoms with van der Waals surface area (Å²) in [6, 6.07) is 3.60. The average Bonchev–Trinajstić information content (AvgIpc) is 3.30. The number of nitrogens with zero attached hydrogens (tertiary/aromatic N) is 2. The molecule has 2 aliphatic heterocycles. The molecule has 1 aliphatic carbocycles. The number of aliphatic hydroxyl groups excluding tert-OH is 2. The number of hydrogen-bond acceptors (Lipinski definition) is 8. The van der Waals surface area contributed by atoms with Gasteiger partial charge in [0.2, 0.25) is 10.0 Å². The van der Waals surface area contributed by atoms with Crippen LogP contribution in [0.3, 0.4) is 0 Å². The Morgan fingerprint density at radius 2 is 1.78 bits per heavy atom. The highest BCUT2D eigenvalue weighted by molar-refractivity contribution is 7.92. The second kappa shape index (κ2) is 14.9. The number of nitrogens with one attached hydrogen (secondary N) is 1. The molecule has 1 saturated carbocycles. The summed E-state index contributed by atoms with van der Waals surface area (Å²) in [5.74, 6) is 0.994. The van der Waals surface area contributed by atoms with Gasteiger partial charge < -0.3 is 25.0 Å². The molecule has 252 valence electrons. The first kappa shape index (κ1) is 35.3. The second-order valence-electron chi connectivity index (χ2n) is 12.3. The maximum absolute atomic E-state index is 13.2. The van der Waals surface area contributed by atoms with Crippen LogP contribution >= 0.6 is 0 Å². The van der Waals surface area contributed by atoms with Gasteiger partial charge in [-0.05, 0) is 99.6 Å². The van der Waals surface area contributed by atoms with E-state index in [0.717, 1.165) is 16.7 Å². The lowest BCUT2D eigenvalue weighted by atomic mass is 9.79. The molecule has 1 atom stereocenters. The lowest BCUT2D eigenvalue weighted by molar-refractivity contribution is -0.138. The largest absolute Gasteiger partial charge is 0.491 e. The number of aryl methyl sites for hydroxylation is 2. The van der Waals surface area contributed by atoms with E-state index in [0.29, 0.717) is 37.3 Å². The Labute approximate surface area is 262 Å². The Bertz CT molecular complexity index is 1330. The number of amides is 1. The van der Waals surface area contributed by atoms with Crippen molar-refractivity contribution in [1.29, 1.82) is 0 Å². The standard InChI is InChI=1S/C31H44F3N3O7S/c1-21-17-26(44-15-14-43-20-25(39)19-38)18-22(2)27(21)8-16-45(41,42)37-12-10-30(11-13-37)29(40)35-28(36-30)24-5-3-23(4-6-24)7-9-31(32,33)34/h8,16-18,23-25,38-39H,3-7,9-15,19-20H2,1-2H3,(H,35,36,40). The van der Waals surface area contributed by atoms with Gasteiger partial charge in [0.1, 0.15) is 29.8 Å². The zero-order chi connectivity index (χ0) is 32.8. The van der Waals surface area contributed by atoms with E-state index in [1.807, 2.05) is 13.8 Å². The van der Waals surface area contributed by atoms with Crippen molar-refractivity contribution < 1.29 is 46.1 Å². The number of rotatable bonds is 13. The van der Waals surface area contributed by atoms with Gasteiger partial charge >= 0.3 is 6.18 Å². The third-order valence-electron chi connectivity index (χ3n) is 8.97. The van der Waals surface area contributed by atoms with Gasteiger partial charge in [-0.15, -0.1) is 0 Å².